The first-order chi connectivity index (χ1) is 10.3. The zero-order valence-electron chi connectivity index (χ0n) is 14.2. The van der Waals surface area contributed by atoms with Crippen LogP contribution in [0.4, 0.5) is 0 Å². The molecule has 0 bridgehead atoms. The predicted octanol–water partition coefficient (Wildman–Crippen LogP) is 2.56. The van der Waals surface area contributed by atoms with Crippen molar-refractivity contribution in [3.63, 3.8) is 0 Å². The van der Waals surface area contributed by atoms with E-state index in [1.54, 1.807) is 0 Å². The molecule has 0 saturated carbocycles. The molecule has 1 unspecified atom stereocenters. The van der Waals surface area contributed by atoms with Crippen molar-refractivity contribution >= 4 is 17.7 Å². The van der Waals surface area contributed by atoms with Crippen LogP contribution >= 0.6 is 11.8 Å². The van der Waals surface area contributed by atoms with Crippen LogP contribution in [0.25, 0.3) is 0 Å². The van der Waals surface area contributed by atoms with Crippen molar-refractivity contribution in [2.24, 2.45) is 4.99 Å². The molecule has 0 aromatic heterocycles. The van der Waals surface area contributed by atoms with E-state index >= 15 is 0 Å². The lowest BCUT2D eigenvalue weighted by atomic mass is 10.0. The van der Waals surface area contributed by atoms with Gasteiger partial charge in [-0.3, -0.25) is 4.99 Å². The van der Waals surface area contributed by atoms with Gasteiger partial charge in [0.1, 0.15) is 0 Å². The molecule has 1 rings (SSSR count). The van der Waals surface area contributed by atoms with Crippen LogP contribution in [0, 0.1) is 0 Å². The van der Waals surface area contributed by atoms with Gasteiger partial charge in [-0.15, -0.1) is 0 Å². The van der Waals surface area contributed by atoms with Gasteiger partial charge in [-0.2, -0.15) is 11.8 Å². The lowest BCUT2D eigenvalue weighted by Crippen LogP contribution is -2.41. The number of thioether (sulfide) groups is 1. The molecule has 0 aromatic carbocycles. The number of hydrogen-bond donors (Lipinski definition) is 2. The smallest absolute Gasteiger partial charge is 0.190 e. The number of piperidine rings is 1. The lowest BCUT2D eigenvalue weighted by Gasteiger charge is -2.33. The zero-order valence-corrected chi connectivity index (χ0v) is 15.0. The molecule has 0 aromatic rings. The van der Waals surface area contributed by atoms with Crippen molar-refractivity contribution in [1.82, 2.24) is 15.5 Å². The van der Waals surface area contributed by atoms with Crippen molar-refractivity contribution in [1.29, 1.82) is 0 Å². The standard InChI is InChI=1S/C16H34N4S/c1-15-9-4-6-12-20(15)13-8-11-19-16(17-2)18-10-5-7-14-21-3/h15H,4-14H2,1-3H3,(H2,17,18,19). The summed E-state index contributed by atoms with van der Waals surface area (Å²) in [6, 6.07) is 0.771. The molecular weight excluding hydrogens is 280 g/mol. The number of nitrogens with zero attached hydrogens (tertiary/aromatic N) is 2. The Morgan fingerprint density at radius 3 is 2.62 bits per heavy atom. The summed E-state index contributed by atoms with van der Waals surface area (Å²) in [5.41, 5.74) is 0. The second-order valence-corrected chi connectivity index (χ2v) is 6.85. The third-order valence-electron chi connectivity index (χ3n) is 4.15. The molecular formula is C16H34N4S. The van der Waals surface area contributed by atoms with Crippen LogP contribution in [0.15, 0.2) is 4.99 Å². The highest BCUT2D eigenvalue weighted by Crippen LogP contribution is 2.15. The second kappa shape index (κ2) is 12.2. The lowest BCUT2D eigenvalue weighted by molar-refractivity contribution is 0.159. The van der Waals surface area contributed by atoms with E-state index in [-0.39, 0.29) is 0 Å². The number of rotatable bonds is 9. The van der Waals surface area contributed by atoms with Crippen molar-refractivity contribution in [2.45, 2.75) is 51.5 Å². The fourth-order valence-electron chi connectivity index (χ4n) is 2.78. The van der Waals surface area contributed by atoms with Gasteiger partial charge < -0.3 is 15.5 Å². The quantitative estimate of drug-likeness (QED) is 0.390. The van der Waals surface area contributed by atoms with Crippen LogP contribution in [0.1, 0.15) is 45.4 Å². The van der Waals surface area contributed by atoms with Crippen LogP contribution in [0.2, 0.25) is 0 Å². The first kappa shape index (κ1) is 18.6. The van der Waals surface area contributed by atoms with Crippen molar-refractivity contribution < 1.29 is 0 Å². The van der Waals surface area contributed by atoms with E-state index < -0.39 is 0 Å². The Hall–Kier alpha value is -0.420. The molecule has 4 nitrogen and oxygen atoms in total. The summed E-state index contributed by atoms with van der Waals surface area (Å²) < 4.78 is 0. The minimum atomic E-state index is 0.771. The molecule has 1 atom stereocenters. The van der Waals surface area contributed by atoms with E-state index in [1.807, 2.05) is 18.8 Å². The van der Waals surface area contributed by atoms with E-state index in [0.29, 0.717) is 0 Å². The van der Waals surface area contributed by atoms with Crippen molar-refractivity contribution in [3.8, 4) is 0 Å². The third-order valence-corrected chi connectivity index (χ3v) is 4.84. The SMILES string of the molecule is CN=C(NCCCCSC)NCCCN1CCCCC1C. The van der Waals surface area contributed by atoms with Gasteiger partial charge in [0, 0.05) is 32.7 Å². The van der Waals surface area contributed by atoms with Gasteiger partial charge in [0.2, 0.25) is 0 Å². The summed E-state index contributed by atoms with van der Waals surface area (Å²) in [4.78, 5) is 6.91. The minimum Gasteiger partial charge on any atom is -0.356 e. The van der Waals surface area contributed by atoms with Crippen molar-refractivity contribution in [3.05, 3.63) is 0 Å². The number of likely N-dealkylation sites (tertiary alicyclic amines) is 1. The maximum Gasteiger partial charge on any atom is 0.190 e. The highest BCUT2D eigenvalue weighted by molar-refractivity contribution is 7.98. The van der Waals surface area contributed by atoms with Gasteiger partial charge >= 0.3 is 0 Å². The molecule has 1 fully saturated rings. The summed E-state index contributed by atoms with van der Waals surface area (Å²) in [7, 11) is 1.85. The molecule has 1 aliphatic heterocycles. The monoisotopic (exact) mass is 314 g/mol. The van der Waals surface area contributed by atoms with E-state index in [4.69, 9.17) is 0 Å². The largest absolute Gasteiger partial charge is 0.356 e. The van der Waals surface area contributed by atoms with Crippen LogP contribution in [0.3, 0.4) is 0 Å². The molecule has 5 heteroatoms. The number of hydrogen-bond acceptors (Lipinski definition) is 3. The number of nitrogens with one attached hydrogen (secondary N) is 2. The first-order valence-electron chi connectivity index (χ1n) is 8.45. The zero-order chi connectivity index (χ0) is 15.3. The molecule has 1 saturated heterocycles. The van der Waals surface area contributed by atoms with E-state index in [1.165, 1.54) is 57.4 Å². The number of unbranched alkanes of at least 4 members (excludes halogenated alkanes) is 1. The fourth-order valence-corrected chi connectivity index (χ4v) is 3.27. The van der Waals surface area contributed by atoms with Gasteiger partial charge in [0.25, 0.3) is 0 Å². The third kappa shape index (κ3) is 8.57. The number of aliphatic imine (C=N–C) groups is 1. The van der Waals surface area contributed by atoms with Crippen LogP contribution in [-0.2, 0) is 0 Å². The summed E-state index contributed by atoms with van der Waals surface area (Å²) in [5, 5.41) is 6.81. The average Bonchev–Trinajstić information content (AvgIpc) is 2.50. The maximum atomic E-state index is 4.28. The Bertz CT molecular complexity index is 283. The molecule has 2 N–H and O–H groups in total. The van der Waals surface area contributed by atoms with Crippen LogP contribution < -0.4 is 10.6 Å². The molecule has 1 aliphatic rings. The van der Waals surface area contributed by atoms with Gasteiger partial charge in [-0.25, -0.2) is 0 Å². The molecule has 21 heavy (non-hydrogen) atoms. The number of guanidine groups is 1. The summed E-state index contributed by atoms with van der Waals surface area (Å²) >= 11 is 1.92. The molecule has 0 aliphatic carbocycles. The fraction of sp³-hybridized carbons (Fsp3) is 0.938. The molecule has 124 valence electrons. The normalized spacial score (nSPS) is 20.5. The average molecular weight is 315 g/mol. The van der Waals surface area contributed by atoms with Gasteiger partial charge in [-0.05, 0) is 57.6 Å². The Labute approximate surface area is 135 Å². The van der Waals surface area contributed by atoms with Crippen molar-refractivity contribution in [2.75, 3.05) is 45.2 Å². The molecule has 0 amide bonds. The van der Waals surface area contributed by atoms with E-state index in [2.05, 4.69) is 33.7 Å². The van der Waals surface area contributed by atoms with Crippen LogP contribution in [0.5, 0.6) is 0 Å². The van der Waals surface area contributed by atoms with Gasteiger partial charge in [0.15, 0.2) is 5.96 Å². The van der Waals surface area contributed by atoms with E-state index in [0.717, 1.165) is 25.1 Å². The van der Waals surface area contributed by atoms with Gasteiger partial charge in [-0.1, -0.05) is 6.42 Å². The molecule has 0 radical (unpaired) electrons. The minimum absolute atomic E-state index is 0.771. The summed E-state index contributed by atoms with van der Waals surface area (Å²) in [6.45, 7) is 6.88. The Kier molecular flexibility index (Phi) is 10.8. The van der Waals surface area contributed by atoms with E-state index in [9.17, 15) is 0 Å². The second-order valence-electron chi connectivity index (χ2n) is 5.86. The highest BCUT2D eigenvalue weighted by Gasteiger charge is 2.16. The first-order valence-corrected chi connectivity index (χ1v) is 9.84. The van der Waals surface area contributed by atoms with Crippen LogP contribution in [-0.4, -0.2) is 62.1 Å². The topological polar surface area (TPSA) is 39.7 Å². The molecule has 0 spiro atoms. The molecule has 1 heterocycles. The highest BCUT2D eigenvalue weighted by atomic mass is 32.2. The Balaban J connectivity index is 2.03. The predicted molar refractivity (Wildman–Crippen MR) is 96.5 cm³/mol. The summed E-state index contributed by atoms with van der Waals surface area (Å²) in [5.74, 6) is 2.20. The maximum absolute atomic E-state index is 4.28. The summed E-state index contributed by atoms with van der Waals surface area (Å²) in [6.07, 6.45) is 9.99. The Morgan fingerprint density at radius 1 is 1.19 bits per heavy atom. The van der Waals surface area contributed by atoms with Gasteiger partial charge in [0.05, 0.1) is 0 Å². The Morgan fingerprint density at radius 2 is 1.95 bits per heavy atom.